The summed E-state index contributed by atoms with van der Waals surface area (Å²) in [6.07, 6.45) is -2.83. The quantitative estimate of drug-likeness (QED) is 0.555. The molecule has 5 nitrogen and oxygen atoms in total. The van der Waals surface area contributed by atoms with Crippen molar-refractivity contribution >= 4 is 45.9 Å². The largest absolute Gasteiger partial charge is 0.416 e. The number of hydrogen-bond donors (Lipinski definition) is 1. The van der Waals surface area contributed by atoms with E-state index in [0.717, 1.165) is 12.1 Å². The van der Waals surface area contributed by atoms with Gasteiger partial charge in [-0.3, -0.25) is 0 Å². The molecule has 3 aromatic rings. The molecule has 30 heavy (non-hydrogen) atoms. The molecule has 1 atom stereocenters. The molecule has 0 aliphatic carbocycles. The van der Waals surface area contributed by atoms with E-state index in [2.05, 4.69) is 28.2 Å². The monoisotopic (exact) mass is 449 g/mol. The van der Waals surface area contributed by atoms with E-state index in [1.54, 1.807) is 25.1 Å². The number of thiocarbonyl (C=S) groups is 1. The lowest BCUT2D eigenvalue weighted by molar-refractivity contribution is -0.137. The summed E-state index contributed by atoms with van der Waals surface area (Å²) < 4.78 is 38.2. The molecule has 2 aromatic carbocycles. The molecule has 1 N–H and O–H groups in total. The predicted octanol–water partition coefficient (Wildman–Crippen LogP) is 4.99. The number of nitrogens with one attached hydrogen (secondary N) is 1. The van der Waals surface area contributed by atoms with E-state index >= 15 is 0 Å². The number of nitriles is 1. The molecule has 0 aliphatic rings. The van der Waals surface area contributed by atoms with Gasteiger partial charge in [0.1, 0.15) is 21.6 Å². The van der Waals surface area contributed by atoms with Crippen LogP contribution in [0.15, 0.2) is 43.0 Å². The summed E-state index contributed by atoms with van der Waals surface area (Å²) in [5.41, 5.74) is 0.200. The molecular formula is C20H15ClF3N5S. The van der Waals surface area contributed by atoms with E-state index in [4.69, 9.17) is 23.8 Å². The van der Waals surface area contributed by atoms with Crippen LogP contribution >= 0.6 is 23.8 Å². The predicted molar refractivity (Wildman–Crippen MR) is 113 cm³/mol. The van der Waals surface area contributed by atoms with E-state index in [1.165, 1.54) is 16.9 Å². The van der Waals surface area contributed by atoms with E-state index in [1.807, 2.05) is 0 Å². The average Bonchev–Trinajstić information content (AvgIpc) is 3.08. The number of fused-ring (bicyclic) bond motifs is 1. The van der Waals surface area contributed by atoms with Gasteiger partial charge in [-0.25, -0.2) is 0 Å². The van der Waals surface area contributed by atoms with E-state index in [0.29, 0.717) is 27.2 Å². The number of halogens is 4. The lowest BCUT2D eigenvalue weighted by Crippen LogP contribution is -2.48. The van der Waals surface area contributed by atoms with Gasteiger partial charge in [0.15, 0.2) is 0 Å². The van der Waals surface area contributed by atoms with Crippen LogP contribution in [0.2, 0.25) is 5.02 Å². The van der Waals surface area contributed by atoms with E-state index in [9.17, 15) is 18.4 Å². The molecule has 3 rings (SSSR count). The number of benzene rings is 2. The molecule has 0 aliphatic heterocycles. The fourth-order valence-electron chi connectivity index (χ4n) is 2.80. The highest BCUT2D eigenvalue weighted by atomic mass is 35.5. The standard InChI is InChI=1S/C20H15ClF3N5S/c1-3-12-8-15(21)9-16-17(12)28-29(27-16)11-19(2,10-25)26-18(30)13-4-6-14(7-5-13)20(22,23)24/h3-9H,1,11H2,2H3,(H,26,30). The normalized spacial score (nSPS) is 13.5. The van der Waals surface area contributed by atoms with Crippen molar-refractivity contribution in [1.29, 1.82) is 5.26 Å². The molecule has 0 saturated carbocycles. The lowest BCUT2D eigenvalue weighted by Gasteiger charge is -2.24. The number of hydrogen-bond acceptors (Lipinski definition) is 4. The SMILES string of the molecule is C=Cc1cc(Cl)cc2nn(CC(C)(C#N)NC(=S)c3ccc(C(F)(F)F)cc3)nc12. The van der Waals surface area contributed by atoms with Gasteiger partial charge in [0, 0.05) is 16.1 Å². The second kappa shape index (κ2) is 8.05. The van der Waals surface area contributed by atoms with Gasteiger partial charge in [-0.2, -0.15) is 33.4 Å². The van der Waals surface area contributed by atoms with Gasteiger partial charge in [0.2, 0.25) is 0 Å². The Kier molecular flexibility index (Phi) is 5.83. The fourth-order valence-corrected chi connectivity index (χ4v) is 3.38. The lowest BCUT2D eigenvalue weighted by atomic mass is 10.0. The second-order valence-corrected chi connectivity index (χ2v) is 7.62. The second-order valence-electron chi connectivity index (χ2n) is 6.77. The molecule has 1 unspecified atom stereocenters. The van der Waals surface area contributed by atoms with Gasteiger partial charge in [0.25, 0.3) is 0 Å². The van der Waals surface area contributed by atoms with Crippen LogP contribution in [0, 0.1) is 11.3 Å². The van der Waals surface area contributed by atoms with Crippen LogP contribution in [0.25, 0.3) is 17.1 Å². The highest BCUT2D eigenvalue weighted by Crippen LogP contribution is 2.29. The Balaban J connectivity index is 1.82. The first-order chi connectivity index (χ1) is 14.0. The Morgan fingerprint density at radius 2 is 1.97 bits per heavy atom. The average molecular weight is 450 g/mol. The third-order valence-electron chi connectivity index (χ3n) is 4.31. The van der Waals surface area contributed by atoms with Crippen molar-refractivity contribution in [3.05, 3.63) is 64.7 Å². The van der Waals surface area contributed by atoms with E-state index in [-0.39, 0.29) is 11.5 Å². The van der Waals surface area contributed by atoms with Crippen molar-refractivity contribution < 1.29 is 13.2 Å². The third-order valence-corrected chi connectivity index (χ3v) is 4.87. The van der Waals surface area contributed by atoms with Crippen molar-refractivity contribution in [2.45, 2.75) is 25.2 Å². The minimum atomic E-state index is -4.43. The first-order valence-corrected chi connectivity index (χ1v) is 9.41. The zero-order valence-electron chi connectivity index (χ0n) is 15.7. The van der Waals surface area contributed by atoms with Crippen molar-refractivity contribution in [1.82, 2.24) is 20.3 Å². The molecule has 1 aromatic heterocycles. The molecule has 0 spiro atoms. The maximum atomic E-state index is 12.7. The van der Waals surface area contributed by atoms with E-state index < -0.39 is 17.3 Å². The molecule has 0 amide bonds. The fraction of sp³-hybridized carbons (Fsp3) is 0.200. The van der Waals surface area contributed by atoms with Crippen LogP contribution in [0.3, 0.4) is 0 Å². The maximum Gasteiger partial charge on any atom is 0.416 e. The molecule has 10 heteroatoms. The summed E-state index contributed by atoms with van der Waals surface area (Å²) >= 11 is 11.4. The first-order valence-electron chi connectivity index (χ1n) is 8.62. The summed E-state index contributed by atoms with van der Waals surface area (Å²) in [5, 5.41) is 21.8. The van der Waals surface area contributed by atoms with Gasteiger partial charge in [-0.1, -0.05) is 48.6 Å². The van der Waals surface area contributed by atoms with Crippen molar-refractivity contribution in [3.8, 4) is 6.07 Å². The zero-order valence-corrected chi connectivity index (χ0v) is 17.2. The Hall–Kier alpha value is -2.96. The topological polar surface area (TPSA) is 66.5 Å². The highest BCUT2D eigenvalue weighted by Gasteiger charge is 2.31. The Morgan fingerprint density at radius 3 is 2.53 bits per heavy atom. The van der Waals surface area contributed by atoms with Crippen LogP contribution < -0.4 is 5.32 Å². The molecule has 0 radical (unpaired) electrons. The Labute approximate surface area is 180 Å². The number of nitrogens with zero attached hydrogens (tertiary/aromatic N) is 4. The molecule has 0 bridgehead atoms. The number of alkyl halides is 3. The molecule has 0 fully saturated rings. The van der Waals surface area contributed by atoms with Gasteiger partial charge in [-0.05, 0) is 31.2 Å². The molecular weight excluding hydrogens is 435 g/mol. The summed E-state index contributed by atoms with van der Waals surface area (Å²) in [6, 6.07) is 9.87. The smallest absolute Gasteiger partial charge is 0.357 e. The molecule has 1 heterocycles. The molecule has 0 saturated heterocycles. The van der Waals surface area contributed by atoms with Crippen molar-refractivity contribution in [2.24, 2.45) is 0 Å². The highest BCUT2D eigenvalue weighted by molar-refractivity contribution is 7.80. The maximum absolute atomic E-state index is 12.7. The Morgan fingerprint density at radius 1 is 1.30 bits per heavy atom. The third kappa shape index (κ3) is 4.61. The first kappa shape index (κ1) is 21.7. The van der Waals surface area contributed by atoms with Crippen LogP contribution in [0.1, 0.15) is 23.6 Å². The summed E-state index contributed by atoms with van der Waals surface area (Å²) in [5.74, 6) is 0. The van der Waals surface area contributed by atoms with Crippen LogP contribution in [0.5, 0.6) is 0 Å². The Bertz CT molecular complexity index is 1160. The zero-order chi connectivity index (χ0) is 22.1. The number of rotatable bonds is 5. The summed E-state index contributed by atoms with van der Waals surface area (Å²) in [4.78, 5) is 1.49. The molecule has 154 valence electrons. The van der Waals surface area contributed by atoms with Gasteiger partial charge in [-0.15, -0.1) is 0 Å². The summed E-state index contributed by atoms with van der Waals surface area (Å²) in [7, 11) is 0. The summed E-state index contributed by atoms with van der Waals surface area (Å²) in [6.45, 7) is 5.36. The minimum absolute atomic E-state index is 0.0349. The van der Waals surface area contributed by atoms with Crippen LogP contribution in [-0.4, -0.2) is 25.5 Å². The van der Waals surface area contributed by atoms with Crippen molar-refractivity contribution in [3.63, 3.8) is 0 Å². The van der Waals surface area contributed by atoms with Crippen LogP contribution in [0.4, 0.5) is 13.2 Å². The van der Waals surface area contributed by atoms with Gasteiger partial charge >= 0.3 is 6.18 Å². The minimum Gasteiger partial charge on any atom is -0.357 e. The van der Waals surface area contributed by atoms with Crippen molar-refractivity contribution in [2.75, 3.05) is 0 Å². The van der Waals surface area contributed by atoms with Gasteiger partial charge < -0.3 is 5.32 Å². The number of aromatic nitrogens is 3. The van der Waals surface area contributed by atoms with Gasteiger partial charge in [0.05, 0.1) is 18.2 Å². The van der Waals surface area contributed by atoms with Crippen LogP contribution in [-0.2, 0) is 12.7 Å².